The van der Waals surface area contributed by atoms with Gasteiger partial charge in [0.1, 0.15) is 10.8 Å². The number of nitrogen functional groups attached to an aromatic ring is 1. The molecule has 4 nitrogen and oxygen atoms in total. The third kappa shape index (κ3) is 2.70. The molecule has 18 heavy (non-hydrogen) atoms. The molecular formula is C12H14N2O2S2. The molecule has 0 unspecified atom stereocenters. The summed E-state index contributed by atoms with van der Waals surface area (Å²) in [5.41, 5.74) is 7.65. The number of hydrogen-bond acceptors (Lipinski definition) is 5. The van der Waals surface area contributed by atoms with Crippen molar-refractivity contribution < 1.29 is 8.42 Å². The summed E-state index contributed by atoms with van der Waals surface area (Å²) in [6.45, 7) is 3.61. The average Bonchev–Trinajstić information content (AvgIpc) is 2.66. The van der Waals surface area contributed by atoms with Gasteiger partial charge in [-0.2, -0.15) is 0 Å². The molecule has 96 valence electrons. The minimum atomic E-state index is -3.39. The maximum absolute atomic E-state index is 12.3. The first kappa shape index (κ1) is 13.0. The molecule has 2 N–H and O–H groups in total. The van der Waals surface area contributed by atoms with Crippen LogP contribution in [0, 0.1) is 13.8 Å². The monoisotopic (exact) mass is 282 g/mol. The number of hydrogen-bond donors (Lipinski definition) is 1. The number of sulfone groups is 1. The van der Waals surface area contributed by atoms with Gasteiger partial charge in [0.15, 0.2) is 9.84 Å². The topological polar surface area (TPSA) is 73.0 Å². The smallest absolute Gasteiger partial charge is 0.185 e. The maximum atomic E-state index is 12.3. The Hall–Kier alpha value is -1.40. The zero-order valence-corrected chi connectivity index (χ0v) is 11.8. The highest BCUT2D eigenvalue weighted by atomic mass is 32.2. The molecule has 0 radical (unpaired) electrons. The van der Waals surface area contributed by atoms with Crippen LogP contribution in [-0.2, 0) is 15.6 Å². The number of thiazole rings is 1. The normalized spacial score (nSPS) is 11.7. The molecule has 0 bridgehead atoms. The quantitative estimate of drug-likeness (QED) is 0.877. The zero-order chi connectivity index (χ0) is 13.3. The van der Waals surface area contributed by atoms with Crippen LogP contribution in [0.4, 0.5) is 5.69 Å². The standard InChI is InChI=1S/C12H14N2O2S2/c1-8-3-4-10(13)5-11(8)18(15,16)7-12-14-9(2)6-17-12/h3-6H,7,13H2,1-2H3. The number of anilines is 1. The third-order valence-electron chi connectivity index (χ3n) is 2.53. The Bertz CT molecular complexity index is 675. The largest absolute Gasteiger partial charge is 0.399 e. The van der Waals surface area contributed by atoms with Gasteiger partial charge in [-0.1, -0.05) is 6.07 Å². The molecule has 0 saturated heterocycles. The fraction of sp³-hybridized carbons (Fsp3) is 0.250. The molecule has 0 amide bonds. The molecule has 0 aliphatic heterocycles. The van der Waals surface area contributed by atoms with Gasteiger partial charge < -0.3 is 5.73 Å². The van der Waals surface area contributed by atoms with E-state index in [0.29, 0.717) is 16.3 Å². The van der Waals surface area contributed by atoms with E-state index in [1.54, 1.807) is 19.1 Å². The highest BCUT2D eigenvalue weighted by Crippen LogP contribution is 2.23. The lowest BCUT2D eigenvalue weighted by atomic mass is 10.2. The molecule has 1 aromatic carbocycles. The van der Waals surface area contributed by atoms with Gasteiger partial charge in [0.25, 0.3) is 0 Å². The summed E-state index contributed by atoms with van der Waals surface area (Å²) >= 11 is 1.36. The Kier molecular flexibility index (Phi) is 3.41. The van der Waals surface area contributed by atoms with Crippen molar-refractivity contribution in [2.45, 2.75) is 24.5 Å². The first-order valence-electron chi connectivity index (χ1n) is 5.38. The molecule has 0 aliphatic carbocycles. The molecular weight excluding hydrogens is 268 g/mol. The van der Waals surface area contributed by atoms with Crippen molar-refractivity contribution in [3.63, 3.8) is 0 Å². The van der Waals surface area contributed by atoms with Gasteiger partial charge >= 0.3 is 0 Å². The Balaban J connectivity index is 2.39. The van der Waals surface area contributed by atoms with Crippen LogP contribution < -0.4 is 5.73 Å². The Labute approximate surface area is 110 Å². The summed E-state index contributed by atoms with van der Waals surface area (Å²) in [6, 6.07) is 4.92. The van der Waals surface area contributed by atoms with Crippen molar-refractivity contribution in [1.82, 2.24) is 4.98 Å². The Morgan fingerprint density at radius 3 is 2.67 bits per heavy atom. The summed E-state index contributed by atoms with van der Waals surface area (Å²) < 4.78 is 24.6. The van der Waals surface area contributed by atoms with Gasteiger partial charge in [-0.05, 0) is 31.5 Å². The molecule has 1 aromatic heterocycles. The molecule has 0 atom stereocenters. The number of nitrogens with two attached hydrogens (primary N) is 1. The fourth-order valence-corrected chi connectivity index (χ4v) is 4.37. The summed E-state index contributed by atoms with van der Waals surface area (Å²) in [7, 11) is -3.39. The summed E-state index contributed by atoms with van der Waals surface area (Å²) in [5.74, 6) is -0.0736. The van der Waals surface area contributed by atoms with Crippen molar-refractivity contribution in [3.8, 4) is 0 Å². The van der Waals surface area contributed by atoms with E-state index >= 15 is 0 Å². The second kappa shape index (κ2) is 4.70. The molecule has 2 aromatic rings. The van der Waals surface area contributed by atoms with E-state index < -0.39 is 9.84 Å². The highest BCUT2D eigenvalue weighted by Gasteiger charge is 2.19. The number of benzene rings is 1. The van der Waals surface area contributed by atoms with E-state index in [1.165, 1.54) is 17.4 Å². The second-order valence-electron chi connectivity index (χ2n) is 4.17. The van der Waals surface area contributed by atoms with E-state index in [9.17, 15) is 8.42 Å². The van der Waals surface area contributed by atoms with Crippen molar-refractivity contribution in [1.29, 1.82) is 0 Å². The Morgan fingerprint density at radius 1 is 1.33 bits per heavy atom. The maximum Gasteiger partial charge on any atom is 0.185 e. The van der Waals surface area contributed by atoms with E-state index in [1.807, 2.05) is 12.3 Å². The summed E-state index contributed by atoms with van der Waals surface area (Å²) in [6.07, 6.45) is 0. The van der Waals surface area contributed by atoms with E-state index in [4.69, 9.17) is 5.73 Å². The lowest BCUT2D eigenvalue weighted by Gasteiger charge is -2.07. The van der Waals surface area contributed by atoms with Crippen LogP contribution in [0.1, 0.15) is 16.3 Å². The van der Waals surface area contributed by atoms with Crippen LogP contribution in [0.2, 0.25) is 0 Å². The molecule has 2 rings (SSSR count). The van der Waals surface area contributed by atoms with Gasteiger partial charge in [-0.3, -0.25) is 0 Å². The molecule has 1 heterocycles. The van der Waals surface area contributed by atoms with Gasteiger partial charge in [0, 0.05) is 16.8 Å². The minimum absolute atomic E-state index is 0.0736. The van der Waals surface area contributed by atoms with Crippen LogP contribution in [-0.4, -0.2) is 13.4 Å². The van der Waals surface area contributed by atoms with Crippen LogP contribution in [0.5, 0.6) is 0 Å². The average molecular weight is 282 g/mol. The van der Waals surface area contributed by atoms with Gasteiger partial charge in [-0.25, -0.2) is 13.4 Å². The lowest BCUT2D eigenvalue weighted by Crippen LogP contribution is -2.07. The number of nitrogens with zero attached hydrogens (tertiary/aromatic N) is 1. The second-order valence-corrected chi connectivity index (χ2v) is 7.07. The fourth-order valence-electron chi connectivity index (χ4n) is 1.66. The molecule has 0 saturated carbocycles. The summed E-state index contributed by atoms with van der Waals surface area (Å²) in [5, 5.41) is 2.45. The molecule has 0 fully saturated rings. The van der Waals surface area contributed by atoms with E-state index in [2.05, 4.69) is 4.98 Å². The number of aryl methyl sites for hydroxylation is 2. The highest BCUT2D eigenvalue weighted by molar-refractivity contribution is 7.90. The molecule has 0 spiro atoms. The number of rotatable bonds is 3. The SMILES string of the molecule is Cc1csc(CS(=O)(=O)c2cc(N)ccc2C)n1. The van der Waals surface area contributed by atoms with Crippen molar-refractivity contribution in [3.05, 3.63) is 39.8 Å². The van der Waals surface area contributed by atoms with Crippen molar-refractivity contribution in [2.75, 3.05) is 5.73 Å². The summed E-state index contributed by atoms with van der Waals surface area (Å²) in [4.78, 5) is 4.47. The lowest BCUT2D eigenvalue weighted by molar-refractivity contribution is 0.594. The van der Waals surface area contributed by atoms with Crippen LogP contribution in [0.15, 0.2) is 28.5 Å². The minimum Gasteiger partial charge on any atom is -0.399 e. The first-order valence-corrected chi connectivity index (χ1v) is 7.91. The van der Waals surface area contributed by atoms with E-state index in [0.717, 1.165) is 5.69 Å². The van der Waals surface area contributed by atoms with Crippen LogP contribution in [0.25, 0.3) is 0 Å². The van der Waals surface area contributed by atoms with Crippen molar-refractivity contribution in [2.24, 2.45) is 0 Å². The Morgan fingerprint density at radius 2 is 2.06 bits per heavy atom. The third-order valence-corrected chi connectivity index (χ3v) is 5.44. The zero-order valence-electron chi connectivity index (χ0n) is 10.2. The van der Waals surface area contributed by atoms with Gasteiger partial charge in [0.2, 0.25) is 0 Å². The predicted molar refractivity (Wildman–Crippen MR) is 73.3 cm³/mol. The predicted octanol–water partition coefficient (Wildman–Crippen LogP) is 2.32. The number of aromatic nitrogens is 1. The van der Waals surface area contributed by atoms with E-state index in [-0.39, 0.29) is 10.6 Å². The molecule has 6 heteroatoms. The van der Waals surface area contributed by atoms with Crippen LogP contribution >= 0.6 is 11.3 Å². The van der Waals surface area contributed by atoms with Gasteiger partial charge in [-0.15, -0.1) is 11.3 Å². The first-order chi connectivity index (χ1) is 8.38. The van der Waals surface area contributed by atoms with Crippen LogP contribution in [0.3, 0.4) is 0 Å². The van der Waals surface area contributed by atoms with Crippen molar-refractivity contribution >= 4 is 26.9 Å². The molecule has 0 aliphatic rings. The van der Waals surface area contributed by atoms with Gasteiger partial charge in [0.05, 0.1) is 4.90 Å².